The van der Waals surface area contributed by atoms with Gasteiger partial charge < -0.3 is 109 Å². The molecule has 67 heavy (non-hydrogen) atoms. The van der Waals surface area contributed by atoms with Crippen LogP contribution < -0.4 is 0 Å². The van der Waals surface area contributed by atoms with Gasteiger partial charge in [0, 0.05) is 0 Å². The Labute approximate surface area is 386 Å². The third-order valence-corrected chi connectivity index (χ3v) is 17.1. The lowest BCUT2D eigenvalue weighted by atomic mass is 9.41. The van der Waals surface area contributed by atoms with Crippen molar-refractivity contribution < 1.29 is 114 Å². The molecule has 4 saturated heterocycles. The predicted octanol–water partition coefficient (Wildman–Crippen LogP) is -5.11. The van der Waals surface area contributed by atoms with E-state index in [0.717, 1.165) is 12.0 Å². The van der Waals surface area contributed by atoms with E-state index in [1.807, 2.05) is 6.92 Å². The van der Waals surface area contributed by atoms with Crippen molar-refractivity contribution in [2.75, 3.05) is 26.4 Å². The number of aliphatic hydroxyl groups is 14. The fourth-order valence-corrected chi connectivity index (χ4v) is 13.5. The first-order chi connectivity index (χ1) is 31.6. The van der Waals surface area contributed by atoms with Crippen LogP contribution in [-0.2, 0) is 42.7 Å². The van der Waals surface area contributed by atoms with Crippen LogP contribution in [0, 0.1) is 28.1 Å². The highest BCUT2D eigenvalue weighted by Crippen LogP contribution is 2.73. The number of ether oxygens (including phenoxy) is 8. The summed E-state index contributed by atoms with van der Waals surface area (Å²) < 4.78 is 47.2. The summed E-state index contributed by atoms with van der Waals surface area (Å²) in [6.45, 7) is 5.45. The Hall–Kier alpha value is -1.63. The van der Waals surface area contributed by atoms with Gasteiger partial charge in [0.1, 0.15) is 91.6 Å². The van der Waals surface area contributed by atoms with Gasteiger partial charge in [-0.3, -0.25) is 4.79 Å². The SMILES string of the molecule is C=C1C[C@@]23CCC4[C@](C)(C(=O)OC5OC(CO)C(O)C(O)C5OC5OC(CO)C(O)C(O)C5O)CCC[C@@]4(C)[C@@H]2CCC1(OC1OC(CO)C(O)C(OC2OC(CO)C(O)C(O)C2O)C1O)C3. The summed E-state index contributed by atoms with van der Waals surface area (Å²) in [6, 6.07) is 0. The topological polar surface area (TPSA) is 374 Å². The Bertz CT molecular complexity index is 1760. The first-order valence-corrected chi connectivity index (χ1v) is 23.4. The van der Waals surface area contributed by atoms with Gasteiger partial charge >= 0.3 is 5.97 Å². The average Bonchev–Trinajstić information content (AvgIpc) is 3.50. The van der Waals surface area contributed by atoms with E-state index in [-0.39, 0.29) is 17.3 Å². The van der Waals surface area contributed by atoms with E-state index in [1.54, 1.807) is 0 Å². The third kappa shape index (κ3) is 8.63. The Morgan fingerprint density at radius 1 is 0.567 bits per heavy atom. The van der Waals surface area contributed by atoms with Gasteiger partial charge in [-0.25, -0.2) is 0 Å². The lowest BCUT2D eigenvalue weighted by molar-refractivity contribution is -0.369. The van der Waals surface area contributed by atoms with E-state index in [1.165, 1.54) is 0 Å². The van der Waals surface area contributed by atoms with E-state index in [4.69, 9.17) is 37.9 Å². The number of rotatable bonds is 12. The zero-order valence-corrected chi connectivity index (χ0v) is 37.5. The van der Waals surface area contributed by atoms with E-state index < -0.39 is 172 Å². The summed E-state index contributed by atoms with van der Waals surface area (Å²) in [5, 5.41) is 147. The number of carbonyl (C=O) groups is 1. The number of aliphatic hydroxyl groups excluding tert-OH is 14. The van der Waals surface area contributed by atoms with Gasteiger partial charge in [-0.2, -0.15) is 0 Å². The minimum Gasteiger partial charge on any atom is -0.432 e. The summed E-state index contributed by atoms with van der Waals surface area (Å²) in [5.41, 5.74) is -2.21. The lowest BCUT2D eigenvalue weighted by Gasteiger charge is -2.64. The van der Waals surface area contributed by atoms with Gasteiger partial charge in [-0.1, -0.05) is 19.9 Å². The quantitative estimate of drug-likeness (QED) is 0.0494. The molecule has 0 aromatic rings. The molecule has 8 aliphatic rings. The van der Waals surface area contributed by atoms with E-state index in [9.17, 15) is 76.3 Å². The van der Waals surface area contributed by atoms with Gasteiger partial charge in [0.15, 0.2) is 25.0 Å². The summed E-state index contributed by atoms with van der Waals surface area (Å²) in [4.78, 5) is 14.7. The van der Waals surface area contributed by atoms with Crippen molar-refractivity contribution in [2.45, 2.75) is 200 Å². The molecule has 4 heterocycles. The van der Waals surface area contributed by atoms with Crippen LogP contribution in [0.2, 0.25) is 0 Å². The Morgan fingerprint density at radius 3 is 1.63 bits per heavy atom. The summed E-state index contributed by atoms with van der Waals surface area (Å²) >= 11 is 0. The van der Waals surface area contributed by atoms with Gasteiger partial charge in [0.05, 0.1) is 37.4 Å². The molecular weight excluding hydrogens is 896 g/mol. The Balaban J connectivity index is 0.985. The van der Waals surface area contributed by atoms with E-state index >= 15 is 0 Å². The zero-order chi connectivity index (χ0) is 48.7. The van der Waals surface area contributed by atoms with Gasteiger partial charge in [-0.15, -0.1) is 0 Å². The fraction of sp³-hybridized carbons (Fsp3) is 0.932. The van der Waals surface area contributed by atoms with Crippen LogP contribution in [0.5, 0.6) is 0 Å². The highest BCUT2D eigenvalue weighted by atomic mass is 16.8. The van der Waals surface area contributed by atoms with Crippen LogP contribution in [0.1, 0.15) is 71.6 Å². The van der Waals surface area contributed by atoms with Crippen LogP contribution >= 0.6 is 0 Å². The molecule has 384 valence electrons. The summed E-state index contributed by atoms with van der Waals surface area (Å²) in [5.74, 6) is -0.897. The molecule has 23 nitrogen and oxygen atoms in total. The number of hydrogen-bond acceptors (Lipinski definition) is 23. The molecule has 0 aromatic carbocycles. The standard InChI is InChI=1S/C44H70O23/c1-17-11-43-9-5-22-41(2,7-4-8-42(22,3)40(59)66-39-35(30(55)26(51)20(14-47)63-39)65-37-32(57)29(54)25(50)19(13-46)61-37)23(43)6-10-44(17,16-43)67-38-33(58)34(27(52)21(15-48)62-38)64-36-31(56)28(53)24(49)18(12-45)60-36/h18-39,45-58H,1,4-16H2,2-3H3/t18?,19?,20?,21?,22?,23-,24?,25?,26?,27?,28?,29?,30?,31?,32?,33?,34?,35?,36?,37?,38?,39?,41+,42+,43+,44?/m0/s1. The first-order valence-electron chi connectivity index (χ1n) is 23.4. The molecule has 1 spiro atoms. The van der Waals surface area contributed by atoms with E-state index in [2.05, 4.69) is 13.5 Å². The van der Waals surface area contributed by atoms with Crippen LogP contribution in [0.25, 0.3) is 0 Å². The molecule has 0 aromatic heterocycles. The molecule has 22 unspecified atom stereocenters. The fourth-order valence-electron chi connectivity index (χ4n) is 13.5. The van der Waals surface area contributed by atoms with Crippen molar-refractivity contribution in [3.63, 3.8) is 0 Å². The molecule has 4 aliphatic heterocycles. The summed E-state index contributed by atoms with van der Waals surface area (Å²) in [6.07, 6.45) is -28.2. The van der Waals surface area contributed by atoms with Crippen molar-refractivity contribution in [3.8, 4) is 0 Å². The van der Waals surface area contributed by atoms with Crippen LogP contribution in [-0.4, -0.2) is 232 Å². The maximum Gasteiger partial charge on any atom is 0.314 e. The van der Waals surface area contributed by atoms with Crippen molar-refractivity contribution in [1.82, 2.24) is 0 Å². The van der Waals surface area contributed by atoms with Crippen LogP contribution in [0.15, 0.2) is 12.2 Å². The molecule has 26 atom stereocenters. The molecule has 4 saturated carbocycles. The minimum absolute atomic E-state index is 0.0394. The molecule has 8 rings (SSSR count). The smallest absolute Gasteiger partial charge is 0.314 e. The van der Waals surface area contributed by atoms with Gasteiger partial charge in [0.25, 0.3) is 0 Å². The lowest BCUT2D eigenvalue weighted by Crippen LogP contribution is -2.66. The van der Waals surface area contributed by atoms with Crippen molar-refractivity contribution in [2.24, 2.45) is 28.1 Å². The second-order valence-corrected chi connectivity index (χ2v) is 20.8. The maximum atomic E-state index is 14.7. The Kier molecular flexibility index (Phi) is 15.0. The normalized spacial score (nSPS) is 54.5. The third-order valence-electron chi connectivity index (χ3n) is 17.1. The molecule has 2 bridgehead atoms. The minimum atomic E-state index is -1.90. The van der Waals surface area contributed by atoms with E-state index in [0.29, 0.717) is 51.4 Å². The molecule has 14 N–H and O–H groups in total. The highest BCUT2D eigenvalue weighted by molar-refractivity contribution is 5.77. The monoisotopic (exact) mass is 966 g/mol. The molecule has 0 radical (unpaired) electrons. The van der Waals surface area contributed by atoms with Crippen molar-refractivity contribution in [1.29, 1.82) is 0 Å². The number of carbonyl (C=O) groups excluding carboxylic acids is 1. The second kappa shape index (κ2) is 19.4. The second-order valence-electron chi connectivity index (χ2n) is 20.8. The predicted molar refractivity (Wildman–Crippen MR) is 219 cm³/mol. The van der Waals surface area contributed by atoms with Gasteiger partial charge in [0.2, 0.25) is 6.29 Å². The number of hydrogen-bond donors (Lipinski definition) is 14. The largest absolute Gasteiger partial charge is 0.432 e. The first kappa shape index (κ1) is 51.7. The average molecular weight is 967 g/mol. The molecule has 8 fully saturated rings. The molecule has 23 heteroatoms. The Morgan fingerprint density at radius 2 is 1.06 bits per heavy atom. The molecule has 0 amide bonds. The maximum absolute atomic E-state index is 14.7. The number of esters is 1. The van der Waals surface area contributed by atoms with Crippen LogP contribution in [0.3, 0.4) is 0 Å². The zero-order valence-electron chi connectivity index (χ0n) is 37.5. The summed E-state index contributed by atoms with van der Waals surface area (Å²) in [7, 11) is 0. The van der Waals surface area contributed by atoms with Crippen molar-refractivity contribution in [3.05, 3.63) is 12.2 Å². The molecular formula is C44H70O23. The molecule has 4 aliphatic carbocycles. The highest BCUT2D eigenvalue weighted by Gasteiger charge is 2.69. The van der Waals surface area contributed by atoms with Crippen LogP contribution in [0.4, 0.5) is 0 Å². The number of fused-ring (bicyclic) bond motifs is 3. The van der Waals surface area contributed by atoms with Crippen molar-refractivity contribution >= 4 is 5.97 Å². The van der Waals surface area contributed by atoms with Gasteiger partial charge in [-0.05, 0) is 86.5 Å².